The molecule has 0 bridgehead atoms. The van der Waals surface area contributed by atoms with Crippen LogP contribution in [0.25, 0.3) is 10.4 Å². The van der Waals surface area contributed by atoms with E-state index in [2.05, 4.69) is 49.2 Å². The van der Waals surface area contributed by atoms with Crippen molar-refractivity contribution in [1.82, 2.24) is 4.98 Å². The molecule has 0 aliphatic rings. The molecule has 0 N–H and O–H groups in total. The zero-order chi connectivity index (χ0) is 15.5. The van der Waals surface area contributed by atoms with Gasteiger partial charge in [-0.3, -0.25) is 0 Å². The Balaban J connectivity index is 1.84. The summed E-state index contributed by atoms with van der Waals surface area (Å²) in [5, 5.41) is 8.81. The van der Waals surface area contributed by atoms with E-state index in [0.29, 0.717) is 5.69 Å². The summed E-state index contributed by atoms with van der Waals surface area (Å²) in [6.45, 7) is 4.29. The number of nitrogens with zero attached hydrogens (tertiary/aromatic N) is 2. The third-order valence-corrected chi connectivity index (χ3v) is 4.83. The van der Waals surface area contributed by atoms with E-state index in [1.165, 1.54) is 26.4 Å². The van der Waals surface area contributed by atoms with Crippen molar-refractivity contribution >= 4 is 11.3 Å². The molecule has 0 atom stereocenters. The highest BCUT2D eigenvalue weighted by molar-refractivity contribution is 7.15. The topological polar surface area (TPSA) is 36.7 Å². The molecule has 0 unspecified atom stereocenters. The predicted octanol–water partition coefficient (Wildman–Crippen LogP) is 4.89. The second-order valence-electron chi connectivity index (χ2n) is 5.42. The molecular formula is C19H16N2S. The molecular weight excluding hydrogens is 288 g/mol. The van der Waals surface area contributed by atoms with E-state index in [4.69, 9.17) is 5.26 Å². The van der Waals surface area contributed by atoms with Crippen LogP contribution in [0.15, 0.2) is 48.7 Å². The second-order valence-corrected chi connectivity index (χ2v) is 6.58. The van der Waals surface area contributed by atoms with Crippen molar-refractivity contribution in [3.8, 4) is 16.5 Å². The van der Waals surface area contributed by atoms with E-state index in [1.807, 2.05) is 12.1 Å². The summed E-state index contributed by atoms with van der Waals surface area (Å²) in [7, 11) is 0. The molecule has 2 aromatic heterocycles. The van der Waals surface area contributed by atoms with Crippen LogP contribution in [0.2, 0.25) is 0 Å². The summed E-state index contributed by atoms with van der Waals surface area (Å²) in [5.74, 6) is 0. The molecule has 0 fully saturated rings. The Hall–Kier alpha value is -2.44. The molecule has 108 valence electrons. The van der Waals surface area contributed by atoms with E-state index in [9.17, 15) is 0 Å². The highest BCUT2D eigenvalue weighted by Gasteiger charge is 2.06. The average molecular weight is 304 g/mol. The Kier molecular flexibility index (Phi) is 4.04. The number of nitriles is 1. The first-order valence-corrected chi connectivity index (χ1v) is 7.99. The van der Waals surface area contributed by atoms with Gasteiger partial charge in [0, 0.05) is 27.9 Å². The predicted molar refractivity (Wildman–Crippen MR) is 91.0 cm³/mol. The zero-order valence-electron chi connectivity index (χ0n) is 12.6. The molecule has 0 amide bonds. The highest BCUT2D eigenvalue weighted by Crippen LogP contribution is 2.29. The van der Waals surface area contributed by atoms with Gasteiger partial charge in [0.05, 0.1) is 0 Å². The minimum atomic E-state index is 0.455. The SMILES string of the molecule is Cc1ccc(C)c(Cc2ccc(-c3ccc(C#N)nc3)s2)c1. The van der Waals surface area contributed by atoms with Crippen molar-refractivity contribution in [2.75, 3.05) is 0 Å². The fourth-order valence-electron chi connectivity index (χ4n) is 2.41. The largest absolute Gasteiger partial charge is 0.245 e. The average Bonchev–Trinajstić information content (AvgIpc) is 2.99. The summed E-state index contributed by atoms with van der Waals surface area (Å²) in [6, 6.07) is 16.7. The smallest absolute Gasteiger partial charge is 0.140 e. The molecule has 0 radical (unpaired) electrons. The summed E-state index contributed by atoms with van der Waals surface area (Å²) >= 11 is 1.79. The Morgan fingerprint density at radius 2 is 1.95 bits per heavy atom. The van der Waals surface area contributed by atoms with Crippen LogP contribution in [0.5, 0.6) is 0 Å². The lowest BCUT2D eigenvalue weighted by Crippen LogP contribution is -1.90. The van der Waals surface area contributed by atoms with Gasteiger partial charge in [0.1, 0.15) is 11.8 Å². The number of hydrogen-bond acceptors (Lipinski definition) is 3. The molecule has 2 heterocycles. The normalized spacial score (nSPS) is 10.4. The van der Waals surface area contributed by atoms with Crippen LogP contribution in [0, 0.1) is 25.2 Å². The van der Waals surface area contributed by atoms with Gasteiger partial charge in [0.25, 0.3) is 0 Å². The fraction of sp³-hybridized carbons (Fsp3) is 0.158. The lowest BCUT2D eigenvalue weighted by molar-refractivity contribution is 1.18. The standard InChI is InChI=1S/C19H16N2S/c1-13-3-4-14(2)16(9-13)10-18-7-8-19(22-18)15-5-6-17(11-20)21-12-15/h3-9,12H,10H2,1-2H3. The van der Waals surface area contributed by atoms with E-state index >= 15 is 0 Å². The third-order valence-electron chi connectivity index (χ3n) is 3.69. The fourth-order valence-corrected chi connectivity index (χ4v) is 3.43. The number of hydrogen-bond donors (Lipinski definition) is 0. The molecule has 0 aliphatic carbocycles. The summed E-state index contributed by atoms with van der Waals surface area (Å²) < 4.78 is 0. The van der Waals surface area contributed by atoms with Gasteiger partial charge in [-0.25, -0.2) is 4.98 Å². The first-order valence-electron chi connectivity index (χ1n) is 7.17. The number of aryl methyl sites for hydroxylation is 2. The third kappa shape index (κ3) is 3.08. The van der Waals surface area contributed by atoms with E-state index in [0.717, 1.165) is 12.0 Å². The van der Waals surface area contributed by atoms with E-state index in [-0.39, 0.29) is 0 Å². The maximum atomic E-state index is 8.81. The second kappa shape index (κ2) is 6.13. The summed E-state index contributed by atoms with van der Waals surface area (Å²) in [5.41, 5.74) is 5.53. The minimum absolute atomic E-state index is 0.455. The maximum absolute atomic E-state index is 8.81. The van der Waals surface area contributed by atoms with Crippen molar-refractivity contribution in [3.63, 3.8) is 0 Å². The lowest BCUT2D eigenvalue weighted by Gasteiger charge is -2.05. The van der Waals surface area contributed by atoms with Crippen molar-refractivity contribution in [3.05, 3.63) is 75.9 Å². The highest BCUT2D eigenvalue weighted by atomic mass is 32.1. The van der Waals surface area contributed by atoms with Gasteiger partial charge in [-0.2, -0.15) is 5.26 Å². The van der Waals surface area contributed by atoms with Gasteiger partial charge < -0.3 is 0 Å². The van der Waals surface area contributed by atoms with Crippen LogP contribution in [0.1, 0.15) is 27.3 Å². The Morgan fingerprint density at radius 3 is 2.68 bits per heavy atom. The van der Waals surface area contributed by atoms with Gasteiger partial charge in [0.15, 0.2) is 0 Å². The Bertz CT molecular complexity index is 839. The van der Waals surface area contributed by atoms with Crippen LogP contribution in [0.4, 0.5) is 0 Å². The summed E-state index contributed by atoms with van der Waals surface area (Å²) in [6.07, 6.45) is 2.73. The Labute approximate surface area is 134 Å². The number of pyridine rings is 1. The van der Waals surface area contributed by atoms with E-state index < -0.39 is 0 Å². The quantitative estimate of drug-likeness (QED) is 0.691. The van der Waals surface area contributed by atoms with Crippen molar-refractivity contribution in [2.24, 2.45) is 0 Å². The lowest BCUT2D eigenvalue weighted by atomic mass is 10.0. The molecule has 22 heavy (non-hydrogen) atoms. The molecule has 2 nitrogen and oxygen atoms in total. The van der Waals surface area contributed by atoms with Crippen molar-refractivity contribution < 1.29 is 0 Å². The van der Waals surface area contributed by atoms with Crippen molar-refractivity contribution in [1.29, 1.82) is 5.26 Å². The van der Waals surface area contributed by atoms with E-state index in [1.54, 1.807) is 23.6 Å². The molecule has 3 aromatic rings. The molecule has 0 saturated heterocycles. The van der Waals surface area contributed by atoms with Gasteiger partial charge in [0.2, 0.25) is 0 Å². The molecule has 0 aliphatic heterocycles. The minimum Gasteiger partial charge on any atom is -0.245 e. The maximum Gasteiger partial charge on any atom is 0.140 e. The molecule has 0 saturated carbocycles. The molecule has 3 heteroatoms. The first kappa shape index (κ1) is 14.5. The van der Waals surface area contributed by atoms with Crippen LogP contribution >= 0.6 is 11.3 Å². The summed E-state index contributed by atoms with van der Waals surface area (Å²) in [4.78, 5) is 6.67. The first-order chi connectivity index (χ1) is 10.7. The molecule has 0 spiro atoms. The van der Waals surface area contributed by atoms with Gasteiger partial charge in [-0.1, -0.05) is 23.8 Å². The molecule has 3 rings (SSSR count). The number of thiophene rings is 1. The van der Waals surface area contributed by atoms with Crippen LogP contribution < -0.4 is 0 Å². The monoisotopic (exact) mass is 304 g/mol. The number of rotatable bonds is 3. The van der Waals surface area contributed by atoms with Crippen LogP contribution in [-0.2, 0) is 6.42 Å². The van der Waals surface area contributed by atoms with Crippen LogP contribution in [0.3, 0.4) is 0 Å². The van der Waals surface area contributed by atoms with Crippen LogP contribution in [-0.4, -0.2) is 4.98 Å². The van der Waals surface area contributed by atoms with Crippen molar-refractivity contribution in [2.45, 2.75) is 20.3 Å². The van der Waals surface area contributed by atoms with Gasteiger partial charge >= 0.3 is 0 Å². The number of benzene rings is 1. The zero-order valence-corrected chi connectivity index (χ0v) is 13.4. The number of aromatic nitrogens is 1. The molecule has 1 aromatic carbocycles. The van der Waals surface area contributed by atoms with Gasteiger partial charge in [-0.15, -0.1) is 11.3 Å². The van der Waals surface area contributed by atoms with Gasteiger partial charge in [-0.05, 0) is 49.2 Å². The Morgan fingerprint density at radius 1 is 1.09 bits per heavy atom.